The van der Waals surface area contributed by atoms with Crippen LogP contribution in [0, 0.1) is 5.82 Å². The molecule has 0 unspecified atom stereocenters. The van der Waals surface area contributed by atoms with Gasteiger partial charge >= 0.3 is 0 Å². The van der Waals surface area contributed by atoms with Gasteiger partial charge in [0.25, 0.3) is 0 Å². The molecule has 0 saturated heterocycles. The molecule has 0 amide bonds. The van der Waals surface area contributed by atoms with Gasteiger partial charge in [-0.2, -0.15) is 0 Å². The van der Waals surface area contributed by atoms with E-state index < -0.39 is 0 Å². The normalized spacial score (nSPS) is 12.6. The summed E-state index contributed by atoms with van der Waals surface area (Å²) in [4.78, 5) is 4.29. The summed E-state index contributed by atoms with van der Waals surface area (Å²) in [7, 11) is 0. The van der Waals surface area contributed by atoms with Crippen molar-refractivity contribution < 1.29 is 9.60 Å². The second-order valence-corrected chi connectivity index (χ2v) is 7.27. The Hall–Kier alpha value is -1.70. The lowest BCUT2D eigenvalue weighted by Gasteiger charge is -2.11. The van der Waals surface area contributed by atoms with Crippen LogP contribution in [0.5, 0.6) is 0 Å². The molecule has 0 aliphatic heterocycles. The molecule has 1 aromatic rings. The lowest BCUT2D eigenvalue weighted by Crippen LogP contribution is -2.15. The van der Waals surface area contributed by atoms with Gasteiger partial charge in [0.05, 0.1) is 6.21 Å². The van der Waals surface area contributed by atoms with Crippen molar-refractivity contribution in [3.8, 4) is 0 Å². The molecule has 0 saturated carbocycles. The third-order valence-corrected chi connectivity index (χ3v) is 4.86. The van der Waals surface area contributed by atoms with Crippen molar-refractivity contribution in [3.63, 3.8) is 0 Å². The van der Waals surface area contributed by atoms with E-state index in [1.54, 1.807) is 0 Å². The fourth-order valence-corrected chi connectivity index (χ4v) is 3.12. The Morgan fingerprint density at radius 2 is 2.15 bits per heavy atom. The SMILES string of the molecule is C=C/C(NCCCCc1cc(CCCI)c(F)c(/C=N/O)n1)=C(C)/C=C\C. The Labute approximate surface area is 175 Å². The number of oxime groups is 1. The predicted octanol–water partition coefficient (Wildman–Crippen LogP) is 5.34. The number of pyridine rings is 1. The van der Waals surface area contributed by atoms with Crippen LogP contribution in [0.3, 0.4) is 0 Å². The van der Waals surface area contributed by atoms with Crippen molar-refractivity contribution >= 4 is 28.8 Å². The molecule has 1 rings (SSSR count). The monoisotopic (exact) mass is 485 g/mol. The summed E-state index contributed by atoms with van der Waals surface area (Å²) < 4.78 is 15.3. The van der Waals surface area contributed by atoms with Crippen molar-refractivity contribution in [1.82, 2.24) is 10.3 Å². The molecule has 148 valence electrons. The molecule has 1 heterocycles. The van der Waals surface area contributed by atoms with E-state index in [2.05, 4.69) is 44.6 Å². The van der Waals surface area contributed by atoms with Crippen LogP contribution in [0.4, 0.5) is 4.39 Å². The van der Waals surface area contributed by atoms with Crippen LogP contribution in [0.15, 0.2) is 47.3 Å². The highest BCUT2D eigenvalue weighted by atomic mass is 127. The second kappa shape index (κ2) is 13.5. The van der Waals surface area contributed by atoms with Gasteiger partial charge in [-0.15, -0.1) is 0 Å². The lowest BCUT2D eigenvalue weighted by atomic mass is 10.1. The molecule has 0 bridgehead atoms. The summed E-state index contributed by atoms with van der Waals surface area (Å²) in [6.45, 7) is 8.72. The number of hydrogen-bond acceptors (Lipinski definition) is 4. The van der Waals surface area contributed by atoms with Gasteiger partial charge in [-0.1, -0.05) is 46.5 Å². The maximum absolute atomic E-state index is 14.4. The van der Waals surface area contributed by atoms with Crippen molar-refractivity contribution in [2.24, 2.45) is 5.16 Å². The topological polar surface area (TPSA) is 57.5 Å². The minimum atomic E-state index is -0.386. The van der Waals surface area contributed by atoms with E-state index in [1.807, 2.05) is 38.1 Å². The zero-order valence-corrected chi connectivity index (χ0v) is 18.3. The zero-order valence-electron chi connectivity index (χ0n) is 16.1. The Bertz CT molecular complexity index is 699. The molecule has 4 nitrogen and oxygen atoms in total. The number of halogens is 2. The van der Waals surface area contributed by atoms with Crippen molar-refractivity contribution in [1.29, 1.82) is 0 Å². The molecule has 0 aromatic carbocycles. The summed E-state index contributed by atoms with van der Waals surface area (Å²) in [5.41, 5.74) is 3.77. The number of hydrogen-bond donors (Lipinski definition) is 2. The van der Waals surface area contributed by atoms with Gasteiger partial charge in [-0.3, -0.25) is 0 Å². The van der Waals surface area contributed by atoms with Crippen LogP contribution in [-0.2, 0) is 12.8 Å². The lowest BCUT2D eigenvalue weighted by molar-refractivity contribution is 0.321. The standard InChI is InChI=1S/C21H29FIN3O/c1-4-9-16(3)19(5-2)24-13-7-6-11-18-14-17(10-8-12-23)21(22)20(26-18)15-25-27/h4-5,9,14-15,24,27H,2,6-8,10-13H2,1,3H3/b9-4-,19-16-,25-15+. The van der Waals surface area contributed by atoms with Gasteiger partial charge in [-0.05, 0) is 73.7 Å². The number of rotatable bonds is 12. The van der Waals surface area contributed by atoms with Gasteiger partial charge in [0.1, 0.15) is 5.69 Å². The van der Waals surface area contributed by atoms with Gasteiger partial charge in [-0.25, -0.2) is 9.37 Å². The van der Waals surface area contributed by atoms with Gasteiger partial charge in [0.2, 0.25) is 0 Å². The average molecular weight is 485 g/mol. The van der Waals surface area contributed by atoms with Gasteiger partial charge in [0.15, 0.2) is 5.82 Å². The average Bonchev–Trinajstić information content (AvgIpc) is 2.66. The minimum Gasteiger partial charge on any atom is -0.411 e. The molecule has 0 fully saturated rings. The van der Waals surface area contributed by atoms with Crippen LogP contribution in [-0.4, -0.2) is 27.4 Å². The highest BCUT2D eigenvalue weighted by Crippen LogP contribution is 2.16. The largest absolute Gasteiger partial charge is 0.411 e. The molecule has 27 heavy (non-hydrogen) atoms. The maximum atomic E-state index is 14.4. The molecule has 1 aromatic heterocycles. The molecule has 0 spiro atoms. The highest BCUT2D eigenvalue weighted by molar-refractivity contribution is 14.1. The number of aryl methyl sites for hydroxylation is 2. The molecule has 0 atom stereocenters. The summed E-state index contributed by atoms with van der Waals surface area (Å²) in [6.07, 6.45) is 11.2. The Morgan fingerprint density at radius 1 is 1.37 bits per heavy atom. The quantitative estimate of drug-likeness (QED) is 0.0799. The van der Waals surface area contributed by atoms with Crippen LogP contribution >= 0.6 is 22.6 Å². The van der Waals surface area contributed by atoms with Crippen molar-refractivity contribution in [2.45, 2.75) is 46.0 Å². The molecule has 6 heteroatoms. The van der Waals surface area contributed by atoms with Crippen molar-refractivity contribution in [2.75, 3.05) is 11.0 Å². The van der Waals surface area contributed by atoms with E-state index >= 15 is 0 Å². The fourth-order valence-electron chi connectivity index (χ4n) is 2.74. The first kappa shape index (κ1) is 23.3. The predicted molar refractivity (Wildman–Crippen MR) is 119 cm³/mol. The van der Waals surface area contributed by atoms with E-state index in [0.717, 1.165) is 59.8 Å². The third-order valence-electron chi connectivity index (χ3n) is 4.09. The van der Waals surface area contributed by atoms with Gasteiger partial charge in [0, 0.05) is 17.9 Å². The van der Waals surface area contributed by atoms with Crippen LogP contribution in [0.25, 0.3) is 0 Å². The number of aromatic nitrogens is 1. The maximum Gasteiger partial charge on any atom is 0.153 e. The molecule has 0 aliphatic rings. The minimum absolute atomic E-state index is 0.107. The van der Waals surface area contributed by atoms with Crippen LogP contribution < -0.4 is 5.32 Å². The Balaban J connectivity index is 2.67. The fraction of sp³-hybridized carbons (Fsp3) is 0.429. The molecule has 0 aliphatic carbocycles. The number of nitrogens with zero attached hydrogens (tertiary/aromatic N) is 2. The number of unbranched alkanes of at least 4 members (excludes halogenated alkanes) is 1. The number of alkyl halides is 1. The van der Waals surface area contributed by atoms with E-state index in [9.17, 15) is 4.39 Å². The Morgan fingerprint density at radius 3 is 2.78 bits per heavy atom. The molecular weight excluding hydrogens is 456 g/mol. The number of allylic oxidation sites excluding steroid dienone is 4. The first-order valence-corrected chi connectivity index (χ1v) is 10.7. The summed E-state index contributed by atoms with van der Waals surface area (Å²) >= 11 is 2.28. The van der Waals surface area contributed by atoms with Crippen LogP contribution in [0.1, 0.15) is 50.1 Å². The highest BCUT2D eigenvalue weighted by Gasteiger charge is 2.11. The van der Waals surface area contributed by atoms with Crippen LogP contribution in [0.2, 0.25) is 0 Å². The molecule has 0 radical (unpaired) electrons. The van der Waals surface area contributed by atoms with Crippen molar-refractivity contribution in [3.05, 3.63) is 64.9 Å². The van der Waals surface area contributed by atoms with E-state index in [4.69, 9.17) is 5.21 Å². The number of nitrogens with one attached hydrogen (secondary N) is 1. The molecule has 2 N–H and O–H groups in total. The third kappa shape index (κ3) is 8.24. The first-order chi connectivity index (χ1) is 13.1. The van der Waals surface area contributed by atoms with E-state index in [1.165, 1.54) is 0 Å². The second-order valence-electron chi connectivity index (χ2n) is 6.19. The molecular formula is C21H29FIN3O. The zero-order chi connectivity index (χ0) is 20.1. The summed E-state index contributed by atoms with van der Waals surface area (Å²) in [5, 5.41) is 15.1. The summed E-state index contributed by atoms with van der Waals surface area (Å²) in [6, 6.07) is 1.84. The van der Waals surface area contributed by atoms with E-state index in [-0.39, 0.29) is 11.5 Å². The Kier molecular flexibility index (Phi) is 11.6. The summed E-state index contributed by atoms with van der Waals surface area (Å²) in [5.74, 6) is -0.386. The smallest absolute Gasteiger partial charge is 0.153 e. The van der Waals surface area contributed by atoms with Gasteiger partial charge < -0.3 is 10.5 Å². The first-order valence-electron chi connectivity index (χ1n) is 9.18. The van der Waals surface area contributed by atoms with E-state index in [0.29, 0.717) is 12.0 Å².